The molecule has 2 fully saturated rings. The van der Waals surface area contributed by atoms with Crippen molar-refractivity contribution in [1.82, 2.24) is 5.32 Å². The Morgan fingerprint density at radius 3 is 2.61 bits per heavy atom. The van der Waals surface area contributed by atoms with E-state index in [1.807, 2.05) is 0 Å². The minimum Gasteiger partial charge on any atom is -0.312 e. The third kappa shape index (κ3) is 4.35. The van der Waals surface area contributed by atoms with Gasteiger partial charge in [0.2, 0.25) is 0 Å². The monoisotopic (exact) mass is 273 g/mol. The second-order valence-electron chi connectivity index (χ2n) is 5.70. The first-order chi connectivity index (χ1) is 8.55. The molecule has 1 N–H and O–H groups in total. The molecule has 1 atom stereocenters. The zero-order valence-corrected chi connectivity index (χ0v) is 11.7. The predicted octanol–water partition coefficient (Wildman–Crippen LogP) is 1.30. The normalized spacial score (nSPS) is 28.3. The molecule has 0 aromatic heterocycles. The van der Waals surface area contributed by atoms with Gasteiger partial charge in [0.15, 0.2) is 9.84 Å². The van der Waals surface area contributed by atoms with Crippen molar-refractivity contribution in [3.8, 4) is 0 Å². The van der Waals surface area contributed by atoms with E-state index in [4.69, 9.17) is 0 Å². The van der Waals surface area contributed by atoms with Crippen LogP contribution in [0, 0.1) is 5.92 Å². The Bertz CT molecular complexity index is 385. The van der Waals surface area contributed by atoms with Gasteiger partial charge in [-0.15, -0.1) is 0 Å². The minimum absolute atomic E-state index is 0.127. The van der Waals surface area contributed by atoms with Crippen LogP contribution in [0.2, 0.25) is 0 Å². The third-order valence-electron chi connectivity index (χ3n) is 4.08. The molecular weight excluding hydrogens is 250 g/mol. The van der Waals surface area contributed by atoms with Crippen molar-refractivity contribution in [1.29, 1.82) is 0 Å². The van der Waals surface area contributed by atoms with Crippen LogP contribution in [0.15, 0.2) is 0 Å². The molecule has 5 heteroatoms. The molecule has 1 aliphatic heterocycles. The van der Waals surface area contributed by atoms with E-state index in [0.717, 1.165) is 12.3 Å². The molecule has 2 aliphatic rings. The molecule has 4 nitrogen and oxygen atoms in total. The number of carbonyl (C=O) groups excluding carboxylic acids is 1. The molecule has 0 bridgehead atoms. The SMILES string of the molecule is O=C(CCC1CCCC1)CC1CS(=O)(=O)CCN1. The molecule has 104 valence electrons. The van der Waals surface area contributed by atoms with Crippen molar-refractivity contribution in [3.63, 3.8) is 0 Å². The maximum atomic E-state index is 11.8. The molecule has 2 rings (SSSR count). The fraction of sp³-hybridized carbons (Fsp3) is 0.923. The quantitative estimate of drug-likeness (QED) is 0.820. The summed E-state index contributed by atoms with van der Waals surface area (Å²) in [5.74, 6) is 1.29. The predicted molar refractivity (Wildman–Crippen MR) is 71.3 cm³/mol. The highest BCUT2D eigenvalue weighted by atomic mass is 32.2. The van der Waals surface area contributed by atoms with Crippen LogP contribution < -0.4 is 5.32 Å². The third-order valence-corrected chi connectivity index (χ3v) is 5.82. The molecule has 1 heterocycles. The van der Waals surface area contributed by atoms with Gasteiger partial charge < -0.3 is 5.32 Å². The maximum absolute atomic E-state index is 11.8. The Labute approximate surface area is 109 Å². The van der Waals surface area contributed by atoms with E-state index in [1.54, 1.807) is 0 Å². The smallest absolute Gasteiger partial charge is 0.153 e. The van der Waals surface area contributed by atoms with Gasteiger partial charge in [-0.25, -0.2) is 8.42 Å². The zero-order chi connectivity index (χ0) is 13.0. The second-order valence-corrected chi connectivity index (χ2v) is 7.93. The Kier molecular flexibility index (Phi) is 4.78. The molecule has 0 aromatic carbocycles. The Hall–Kier alpha value is -0.420. The zero-order valence-electron chi connectivity index (χ0n) is 10.9. The van der Waals surface area contributed by atoms with Crippen LogP contribution >= 0.6 is 0 Å². The van der Waals surface area contributed by atoms with E-state index >= 15 is 0 Å². The minimum atomic E-state index is -2.92. The number of ketones is 1. The molecule has 18 heavy (non-hydrogen) atoms. The molecule has 0 amide bonds. The number of rotatable bonds is 5. The van der Waals surface area contributed by atoms with E-state index in [-0.39, 0.29) is 23.3 Å². The van der Waals surface area contributed by atoms with Gasteiger partial charge in [-0.2, -0.15) is 0 Å². The highest BCUT2D eigenvalue weighted by Gasteiger charge is 2.26. The Balaban J connectivity index is 1.70. The first kappa shape index (κ1) is 14.0. The topological polar surface area (TPSA) is 63.2 Å². The van der Waals surface area contributed by atoms with E-state index in [9.17, 15) is 13.2 Å². The first-order valence-corrected chi connectivity index (χ1v) is 8.83. The van der Waals surface area contributed by atoms with Crippen molar-refractivity contribution in [2.24, 2.45) is 5.92 Å². The molecule has 1 saturated heterocycles. The molecule has 1 unspecified atom stereocenters. The van der Waals surface area contributed by atoms with Gasteiger partial charge >= 0.3 is 0 Å². The van der Waals surface area contributed by atoms with Crippen molar-refractivity contribution < 1.29 is 13.2 Å². The second kappa shape index (κ2) is 6.15. The van der Waals surface area contributed by atoms with E-state index < -0.39 is 9.84 Å². The lowest BCUT2D eigenvalue weighted by Gasteiger charge is -2.23. The van der Waals surface area contributed by atoms with E-state index in [1.165, 1.54) is 25.7 Å². The molecule has 1 aliphatic carbocycles. The standard InChI is InChI=1S/C13H23NO3S/c15-13(6-5-11-3-1-2-4-11)9-12-10-18(16,17)8-7-14-12/h11-12,14H,1-10H2. The molecular formula is C13H23NO3S. The van der Waals surface area contributed by atoms with Gasteiger partial charge in [-0.1, -0.05) is 25.7 Å². The van der Waals surface area contributed by atoms with Crippen LogP contribution in [0.4, 0.5) is 0 Å². The average molecular weight is 273 g/mol. The summed E-state index contributed by atoms with van der Waals surface area (Å²) >= 11 is 0. The van der Waals surface area contributed by atoms with Crippen molar-refractivity contribution in [2.75, 3.05) is 18.1 Å². The van der Waals surface area contributed by atoms with Gasteiger partial charge in [0, 0.05) is 25.4 Å². The summed E-state index contributed by atoms with van der Waals surface area (Å²) in [6, 6.07) is -0.153. The van der Waals surface area contributed by atoms with Gasteiger partial charge in [0.05, 0.1) is 11.5 Å². The summed E-state index contributed by atoms with van der Waals surface area (Å²) in [5.41, 5.74) is 0. The largest absolute Gasteiger partial charge is 0.312 e. The number of nitrogens with one attached hydrogen (secondary N) is 1. The molecule has 0 aromatic rings. The highest BCUT2D eigenvalue weighted by Crippen LogP contribution is 2.28. The van der Waals surface area contributed by atoms with E-state index in [2.05, 4.69) is 5.32 Å². The Morgan fingerprint density at radius 1 is 1.22 bits per heavy atom. The fourth-order valence-corrected chi connectivity index (χ4v) is 4.48. The summed E-state index contributed by atoms with van der Waals surface area (Å²) < 4.78 is 22.9. The highest BCUT2D eigenvalue weighted by molar-refractivity contribution is 7.91. The summed E-state index contributed by atoms with van der Waals surface area (Å²) in [6.07, 6.45) is 7.16. The lowest BCUT2D eigenvalue weighted by Crippen LogP contribution is -2.45. The van der Waals surface area contributed by atoms with Gasteiger partial charge in [0.1, 0.15) is 5.78 Å². The number of carbonyl (C=O) groups is 1. The summed E-state index contributed by atoms with van der Waals surface area (Å²) in [4.78, 5) is 11.8. The van der Waals surface area contributed by atoms with Crippen LogP contribution in [-0.2, 0) is 14.6 Å². The van der Waals surface area contributed by atoms with Gasteiger partial charge in [-0.3, -0.25) is 4.79 Å². The summed E-state index contributed by atoms with van der Waals surface area (Å²) in [6.45, 7) is 0.489. The molecule has 0 spiro atoms. The molecule has 1 saturated carbocycles. The molecule has 0 radical (unpaired) electrons. The van der Waals surface area contributed by atoms with Crippen molar-refractivity contribution >= 4 is 15.6 Å². The van der Waals surface area contributed by atoms with Crippen LogP contribution in [0.3, 0.4) is 0 Å². The number of Topliss-reactive ketones (excluding diaryl/α,β-unsaturated/α-hetero) is 1. The summed E-state index contributed by atoms with van der Waals surface area (Å²) in [5, 5.41) is 3.13. The van der Waals surface area contributed by atoms with Gasteiger partial charge in [0.25, 0.3) is 0 Å². The van der Waals surface area contributed by atoms with Crippen molar-refractivity contribution in [2.45, 2.75) is 51.0 Å². The van der Waals surface area contributed by atoms with Gasteiger partial charge in [-0.05, 0) is 12.3 Å². The maximum Gasteiger partial charge on any atom is 0.153 e. The Morgan fingerprint density at radius 2 is 1.94 bits per heavy atom. The average Bonchev–Trinajstić information content (AvgIpc) is 2.77. The lowest BCUT2D eigenvalue weighted by molar-refractivity contribution is -0.119. The summed E-state index contributed by atoms with van der Waals surface area (Å²) in [7, 11) is -2.92. The van der Waals surface area contributed by atoms with Crippen LogP contribution in [-0.4, -0.2) is 38.3 Å². The van der Waals surface area contributed by atoms with E-state index in [0.29, 0.717) is 19.4 Å². The number of hydrogen-bond acceptors (Lipinski definition) is 4. The number of hydrogen-bond donors (Lipinski definition) is 1. The fourth-order valence-electron chi connectivity index (χ4n) is 3.04. The van der Waals surface area contributed by atoms with Crippen LogP contribution in [0.25, 0.3) is 0 Å². The van der Waals surface area contributed by atoms with Crippen LogP contribution in [0.1, 0.15) is 44.9 Å². The number of sulfone groups is 1. The lowest BCUT2D eigenvalue weighted by atomic mass is 9.98. The van der Waals surface area contributed by atoms with Crippen molar-refractivity contribution in [3.05, 3.63) is 0 Å². The van der Waals surface area contributed by atoms with Crippen LogP contribution in [0.5, 0.6) is 0 Å². The first-order valence-electron chi connectivity index (χ1n) is 7.01.